The Kier molecular flexibility index (Phi) is 3.70. The van der Waals surface area contributed by atoms with Gasteiger partial charge in [0.15, 0.2) is 5.13 Å². The number of nitrogens with one attached hydrogen (secondary N) is 1. The Hall–Kier alpha value is -2.60. The van der Waals surface area contributed by atoms with E-state index in [9.17, 15) is 4.91 Å². The Labute approximate surface area is 125 Å². The zero-order valence-electron chi connectivity index (χ0n) is 11.3. The van der Waals surface area contributed by atoms with Crippen molar-refractivity contribution in [2.24, 2.45) is 5.18 Å². The summed E-state index contributed by atoms with van der Waals surface area (Å²) in [4.78, 5) is 19.2. The van der Waals surface area contributed by atoms with Crippen LogP contribution in [0, 0.1) is 11.8 Å². The van der Waals surface area contributed by atoms with Crippen molar-refractivity contribution in [3.05, 3.63) is 58.6 Å². The molecule has 0 aliphatic rings. The number of hydrogen-bond acceptors (Lipinski definition) is 6. The number of thiazole rings is 1. The molecule has 6 heteroatoms. The van der Waals surface area contributed by atoms with Gasteiger partial charge in [0.2, 0.25) is 0 Å². The first-order valence-electron chi connectivity index (χ1n) is 6.33. The van der Waals surface area contributed by atoms with Crippen molar-refractivity contribution < 1.29 is 0 Å². The summed E-state index contributed by atoms with van der Waals surface area (Å²) in [6.45, 7) is 2.04. The molecule has 3 aromatic rings. The highest BCUT2D eigenvalue weighted by Crippen LogP contribution is 2.32. The third kappa shape index (κ3) is 2.95. The van der Waals surface area contributed by atoms with Crippen LogP contribution in [0.25, 0.3) is 11.3 Å². The largest absolute Gasteiger partial charge is 0.332 e. The van der Waals surface area contributed by atoms with E-state index in [1.165, 1.54) is 23.1 Å². The average Bonchev–Trinajstić information content (AvgIpc) is 2.95. The monoisotopic (exact) mass is 296 g/mol. The summed E-state index contributed by atoms with van der Waals surface area (Å²) in [6.07, 6.45) is 3.06. The first kappa shape index (κ1) is 13.4. The lowest BCUT2D eigenvalue weighted by atomic mass is 10.2. The van der Waals surface area contributed by atoms with E-state index < -0.39 is 0 Å². The summed E-state index contributed by atoms with van der Waals surface area (Å²) >= 11 is 1.48. The molecule has 0 aliphatic carbocycles. The maximum atomic E-state index is 10.8. The van der Waals surface area contributed by atoms with E-state index in [-0.39, 0.29) is 0 Å². The summed E-state index contributed by atoms with van der Waals surface area (Å²) in [5.41, 5.74) is 3.86. The second-order valence-corrected chi connectivity index (χ2v) is 5.37. The van der Waals surface area contributed by atoms with E-state index in [1.54, 1.807) is 12.3 Å². The molecular formula is C15H12N4OS. The number of nitroso groups, excluding NO2 is 1. The molecular weight excluding hydrogens is 284 g/mol. The number of pyridine rings is 1. The molecule has 21 heavy (non-hydrogen) atoms. The first-order chi connectivity index (χ1) is 10.3. The third-order valence-electron chi connectivity index (χ3n) is 2.95. The third-order valence-corrected chi connectivity index (χ3v) is 3.71. The van der Waals surface area contributed by atoms with Gasteiger partial charge in [0, 0.05) is 22.8 Å². The smallest absolute Gasteiger partial charge is 0.187 e. The SMILES string of the molecule is Cc1cccc(Nc2nc(-c3ccncc3N=O)cs2)c1. The molecule has 0 fully saturated rings. The maximum absolute atomic E-state index is 10.8. The van der Waals surface area contributed by atoms with E-state index in [2.05, 4.69) is 20.5 Å². The molecule has 2 aromatic heterocycles. The van der Waals surface area contributed by atoms with E-state index in [0.29, 0.717) is 16.9 Å². The van der Waals surface area contributed by atoms with Gasteiger partial charge in [-0.05, 0) is 35.9 Å². The molecule has 104 valence electrons. The number of nitrogens with zero attached hydrogens (tertiary/aromatic N) is 3. The molecule has 0 atom stereocenters. The lowest BCUT2D eigenvalue weighted by Crippen LogP contribution is -1.90. The number of rotatable bonds is 4. The Morgan fingerprint density at radius 1 is 1.29 bits per heavy atom. The van der Waals surface area contributed by atoms with Crippen LogP contribution < -0.4 is 5.32 Å². The summed E-state index contributed by atoms with van der Waals surface area (Å²) < 4.78 is 0. The molecule has 1 N–H and O–H groups in total. The Morgan fingerprint density at radius 3 is 3.00 bits per heavy atom. The Bertz CT molecular complexity index is 785. The highest BCUT2D eigenvalue weighted by Gasteiger charge is 2.10. The van der Waals surface area contributed by atoms with Crippen LogP contribution >= 0.6 is 11.3 Å². The molecule has 0 radical (unpaired) electrons. The molecule has 0 spiro atoms. The van der Waals surface area contributed by atoms with Gasteiger partial charge in [0.05, 0.1) is 11.9 Å². The van der Waals surface area contributed by atoms with Crippen molar-refractivity contribution in [2.45, 2.75) is 6.92 Å². The summed E-state index contributed by atoms with van der Waals surface area (Å²) in [5, 5.41) is 8.90. The Morgan fingerprint density at radius 2 is 2.19 bits per heavy atom. The predicted octanol–water partition coefficient (Wildman–Crippen LogP) is 4.66. The normalized spacial score (nSPS) is 10.3. The van der Waals surface area contributed by atoms with Crippen molar-refractivity contribution in [3.63, 3.8) is 0 Å². The molecule has 1 aromatic carbocycles. The number of hydrogen-bond donors (Lipinski definition) is 1. The number of aromatic nitrogens is 2. The minimum atomic E-state index is 0.296. The standard InChI is InChI=1S/C15H12N4OS/c1-10-3-2-4-11(7-10)17-15-18-14(9-21-15)12-5-6-16-8-13(12)19-20/h2-9H,1H3,(H,17,18). The predicted molar refractivity (Wildman–Crippen MR) is 85.3 cm³/mol. The van der Waals surface area contributed by atoms with Crippen molar-refractivity contribution in [1.29, 1.82) is 0 Å². The van der Waals surface area contributed by atoms with Crippen molar-refractivity contribution in [3.8, 4) is 11.3 Å². The summed E-state index contributed by atoms with van der Waals surface area (Å²) in [5.74, 6) is 0. The van der Waals surface area contributed by atoms with Gasteiger partial charge in [-0.15, -0.1) is 16.2 Å². The first-order valence-corrected chi connectivity index (χ1v) is 7.21. The van der Waals surface area contributed by atoms with E-state index in [1.807, 2.05) is 36.6 Å². The van der Waals surface area contributed by atoms with Gasteiger partial charge in [-0.25, -0.2) is 4.98 Å². The average molecular weight is 296 g/mol. The molecule has 0 unspecified atom stereocenters. The number of anilines is 2. The molecule has 0 saturated carbocycles. The van der Waals surface area contributed by atoms with Crippen LogP contribution in [0.2, 0.25) is 0 Å². The lowest BCUT2D eigenvalue weighted by Gasteiger charge is -2.03. The number of benzene rings is 1. The van der Waals surface area contributed by atoms with Crippen molar-refractivity contribution in [2.75, 3.05) is 5.32 Å². The Balaban J connectivity index is 1.88. The molecule has 0 bridgehead atoms. The second-order valence-electron chi connectivity index (χ2n) is 4.52. The van der Waals surface area contributed by atoms with Crippen LogP contribution in [-0.2, 0) is 0 Å². The summed E-state index contributed by atoms with van der Waals surface area (Å²) in [6, 6.07) is 9.80. The molecule has 3 rings (SSSR count). The minimum absolute atomic E-state index is 0.296. The molecule has 0 amide bonds. The molecule has 0 aliphatic heterocycles. The van der Waals surface area contributed by atoms with E-state index in [0.717, 1.165) is 10.8 Å². The van der Waals surface area contributed by atoms with Gasteiger partial charge in [-0.1, -0.05) is 12.1 Å². The molecule has 2 heterocycles. The van der Waals surface area contributed by atoms with Gasteiger partial charge < -0.3 is 5.32 Å². The van der Waals surface area contributed by atoms with Gasteiger partial charge in [0.25, 0.3) is 0 Å². The van der Waals surface area contributed by atoms with Crippen LogP contribution in [0.4, 0.5) is 16.5 Å². The zero-order chi connectivity index (χ0) is 14.7. The van der Waals surface area contributed by atoms with Crippen LogP contribution in [0.5, 0.6) is 0 Å². The fraction of sp³-hybridized carbons (Fsp3) is 0.0667. The molecule has 5 nitrogen and oxygen atoms in total. The van der Waals surface area contributed by atoms with Crippen molar-refractivity contribution >= 4 is 27.8 Å². The highest BCUT2D eigenvalue weighted by atomic mass is 32.1. The van der Waals surface area contributed by atoms with Crippen molar-refractivity contribution in [1.82, 2.24) is 9.97 Å². The topological polar surface area (TPSA) is 67.2 Å². The fourth-order valence-electron chi connectivity index (χ4n) is 1.98. The fourth-order valence-corrected chi connectivity index (χ4v) is 2.71. The van der Waals surface area contributed by atoms with Gasteiger partial charge in [0.1, 0.15) is 5.69 Å². The van der Waals surface area contributed by atoms with Crippen LogP contribution in [-0.4, -0.2) is 9.97 Å². The van der Waals surface area contributed by atoms with Gasteiger partial charge in [-0.3, -0.25) is 4.98 Å². The highest BCUT2D eigenvalue weighted by molar-refractivity contribution is 7.14. The second kappa shape index (κ2) is 5.80. The summed E-state index contributed by atoms with van der Waals surface area (Å²) in [7, 11) is 0. The number of aryl methyl sites for hydroxylation is 1. The lowest BCUT2D eigenvalue weighted by molar-refractivity contribution is 1.28. The maximum Gasteiger partial charge on any atom is 0.187 e. The van der Waals surface area contributed by atoms with Gasteiger partial charge >= 0.3 is 0 Å². The minimum Gasteiger partial charge on any atom is -0.332 e. The van der Waals surface area contributed by atoms with Crippen LogP contribution in [0.1, 0.15) is 5.56 Å². The molecule has 0 saturated heterocycles. The van der Waals surface area contributed by atoms with E-state index in [4.69, 9.17) is 0 Å². The van der Waals surface area contributed by atoms with E-state index >= 15 is 0 Å². The quantitative estimate of drug-likeness (QED) is 0.711. The zero-order valence-corrected chi connectivity index (χ0v) is 12.1. The van der Waals surface area contributed by atoms with Crippen LogP contribution in [0.15, 0.2) is 53.3 Å². The van der Waals surface area contributed by atoms with Crippen LogP contribution in [0.3, 0.4) is 0 Å². The van der Waals surface area contributed by atoms with Gasteiger partial charge in [-0.2, -0.15) is 0 Å².